The van der Waals surface area contributed by atoms with E-state index < -0.39 is 34.0 Å². The van der Waals surface area contributed by atoms with E-state index in [1.54, 1.807) is 0 Å². The van der Waals surface area contributed by atoms with E-state index in [1.165, 1.54) is 0 Å². The first-order valence-electron chi connectivity index (χ1n) is 8.46. The number of hydrogen-bond donors (Lipinski definition) is 1. The first kappa shape index (κ1) is 22.4. The molecule has 0 bridgehead atoms. The highest BCUT2D eigenvalue weighted by atomic mass is 32.2. The van der Waals surface area contributed by atoms with E-state index in [0.717, 1.165) is 28.9 Å². The lowest BCUT2D eigenvalue weighted by Gasteiger charge is -2.15. The molecular weight excluding hydrogens is 444 g/mol. The second-order valence-corrected chi connectivity index (χ2v) is 7.98. The van der Waals surface area contributed by atoms with Gasteiger partial charge >= 0.3 is 12.5 Å². The molecule has 0 saturated heterocycles. The van der Waals surface area contributed by atoms with Crippen LogP contribution in [0.2, 0.25) is 0 Å². The summed E-state index contributed by atoms with van der Waals surface area (Å²) in [6.07, 6.45) is -9.39. The molecule has 3 rings (SSSR count). The van der Waals surface area contributed by atoms with Crippen molar-refractivity contribution in [3.8, 4) is 5.75 Å². The summed E-state index contributed by atoms with van der Waals surface area (Å²) < 4.78 is 112. The maximum absolute atomic E-state index is 13.1. The van der Waals surface area contributed by atoms with Crippen molar-refractivity contribution in [3.05, 3.63) is 41.2 Å². The lowest BCUT2D eigenvalue weighted by molar-refractivity contribution is -0.274. The molecule has 14 heteroatoms. The highest BCUT2D eigenvalue weighted by molar-refractivity contribution is 7.89. The predicted molar refractivity (Wildman–Crippen MR) is 88.9 cm³/mol. The molecule has 1 N–H and O–H groups in total. The third-order valence-corrected chi connectivity index (χ3v) is 5.62. The van der Waals surface area contributed by atoms with Gasteiger partial charge in [-0.15, -0.1) is 13.2 Å². The Hall–Kier alpha value is -2.32. The molecule has 1 aliphatic rings. The van der Waals surface area contributed by atoms with Gasteiger partial charge in [0.2, 0.25) is 10.0 Å². The lowest BCUT2D eigenvalue weighted by atomic mass is 10.1. The molecular formula is C16H15F6N3O4S. The highest BCUT2D eigenvalue weighted by Gasteiger charge is 2.39. The summed E-state index contributed by atoms with van der Waals surface area (Å²) >= 11 is 0. The standard InChI is InChI=1S/C16H15F6N3O4S/c17-15(18,19)14-12-9-28-8-5-13(12)25(24-14)7-6-23-30(26,27)11-3-1-10(2-4-11)29-16(20,21)22/h1-4,23H,5-9H2. The van der Waals surface area contributed by atoms with Gasteiger partial charge in [0.25, 0.3) is 0 Å². The molecule has 1 aromatic carbocycles. The molecule has 0 saturated carbocycles. The van der Waals surface area contributed by atoms with Gasteiger partial charge in [0, 0.05) is 24.2 Å². The van der Waals surface area contributed by atoms with Crippen molar-refractivity contribution in [1.29, 1.82) is 0 Å². The Kier molecular flexibility index (Phi) is 6.02. The number of fused-ring (bicyclic) bond motifs is 1. The number of ether oxygens (including phenoxy) is 2. The number of sulfonamides is 1. The normalized spacial score (nSPS) is 15.1. The average molecular weight is 459 g/mol. The maximum atomic E-state index is 13.1. The molecule has 166 valence electrons. The summed E-state index contributed by atoms with van der Waals surface area (Å²) in [5.74, 6) is -0.591. The van der Waals surface area contributed by atoms with Gasteiger partial charge in [-0.05, 0) is 24.3 Å². The third-order valence-electron chi connectivity index (χ3n) is 4.15. The molecule has 0 unspecified atom stereocenters. The van der Waals surface area contributed by atoms with E-state index in [0.29, 0.717) is 5.69 Å². The van der Waals surface area contributed by atoms with Gasteiger partial charge in [0.15, 0.2) is 5.69 Å². The van der Waals surface area contributed by atoms with Crippen molar-refractivity contribution < 1.29 is 44.2 Å². The molecule has 0 atom stereocenters. The molecule has 0 aliphatic carbocycles. The molecule has 0 radical (unpaired) electrons. The summed E-state index contributed by atoms with van der Waals surface area (Å²) in [7, 11) is -4.11. The van der Waals surface area contributed by atoms with E-state index >= 15 is 0 Å². The number of rotatable bonds is 6. The van der Waals surface area contributed by atoms with E-state index in [-0.39, 0.29) is 43.2 Å². The predicted octanol–water partition coefficient (Wildman–Crippen LogP) is 2.85. The van der Waals surface area contributed by atoms with Gasteiger partial charge in [-0.3, -0.25) is 4.68 Å². The van der Waals surface area contributed by atoms with Crippen LogP contribution < -0.4 is 9.46 Å². The van der Waals surface area contributed by atoms with E-state index in [4.69, 9.17) is 4.74 Å². The summed E-state index contributed by atoms with van der Waals surface area (Å²) in [6.45, 7) is -0.474. The Balaban J connectivity index is 1.68. The van der Waals surface area contributed by atoms with E-state index in [2.05, 4.69) is 14.6 Å². The first-order chi connectivity index (χ1) is 13.9. The molecule has 7 nitrogen and oxygen atoms in total. The number of aromatic nitrogens is 2. The van der Waals surface area contributed by atoms with Crippen molar-refractivity contribution >= 4 is 10.0 Å². The zero-order chi connectivity index (χ0) is 22.2. The Bertz CT molecular complexity index is 1000. The van der Waals surface area contributed by atoms with Crippen LogP contribution in [0.1, 0.15) is 17.0 Å². The summed E-state index contributed by atoms with van der Waals surface area (Å²) in [6, 6.07) is 3.50. The van der Waals surface area contributed by atoms with Crippen molar-refractivity contribution in [2.45, 2.75) is 37.0 Å². The summed E-state index contributed by atoms with van der Waals surface area (Å²) in [4.78, 5) is -0.330. The van der Waals surface area contributed by atoms with Gasteiger partial charge in [0.05, 0.1) is 24.7 Å². The molecule has 1 aromatic heterocycles. The Morgan fingerprint density at radius 1 is 1.13 bits per heavy atom. The summed E-state index contributed by atoms with van der Waals surface area (Å²) in [5.41, 5.74) is -0.821. The van der Waals surface area contributed by atoms with Crippen LogP contribution in [0.15, 0.2) is 29.2 Å². The average Bonchev–Trinajstić information content (AvgIpc) is 3.00. The van der Waals surface area contributed by atoms with Gasteiger partial charge < -0.3 is 9.47 Å². The molecule has 0 amide bonds. The van der Waals surface area contributed by atoms with Crippen LogP contribution in [-0.4, -0.2) is 37.7 Å². The Morgan fingerprint density at radius 2 is 1.80 bits per heavy atom. The van der Waals surface area contributed by atoms with Crippen molar-refractivity contribution in [1.82, 2.24) is 14.5 Å². The van der Waals surface area contributed by atoms with Crippen LogP contribution in [0, 0.1) is 0 Å². The van der Waals surface area contributed by atoms with Gasteiger partial charge in [0.1, 0.15) is 5.75 Å². The molecule has 0 spiro atoms. The Morgan fingerprint density at radius 3 is 2.40 bits per heavy atom. The number of benzene rings is 1. The fourth-order valence-corrected chi connectivity index (χ4v) is 3.93. The largest absolute Gasteiger partial charge is 0.573 e. The van der Waals surface area contributed by atoms with Crippen LogP contribution >= 0.6 is 0 Å². The van der Waals surface area contributed by atoms with Crippen LogP contribution in [0.4, 0.5) is 26.3 Å². The minimum Gasteiger partial charge on any atom is -0.406 e. The first-order valence-corrected chi connectivity index (χ1v) is 9.94. The fraction of sp³-hybridized carbons (Fsp3) is 0.438. The second kappa shape index (κ2) is 8.07. The molecule has 30 heavy (non-hydrogen) atoms. The monoisotopic (exact) mass is 459 g/mol. The number of alkyl halides is 6. The smallest absolute Gasteiger partial charge is 0.406 e. The van der Waals surface area contributed by atoms with Gasteiger partial charge in [-0.2, -0.15) is 18.3 Å². The Labute approximate surface area is 166 Å². The van der Waals surface area contributed by atoms with Crippen molar-refractivity contribution in [3.63, 3.8) is 0 Å². The zero-order valence-electron chi connectivity index (χ0n) is 15.0. The zero-order valence-corrected chi connectivity index (χ0v) is 15.9. The molecule has 2 aromatic rings. The molecule has 0 fully saturated rings. The SMILES string of the molecule is O=S(=O)(NCCn1nc(C(F)(F)F)c2c1CCOC2)c1ccc(OC(F)(F)F)cc1. The number of halogens is 6. The van der Waals surface area contributed by atoms with Crippen LogP contribution in [0.3, 0.4) is 0 Å². The molecule has 1 aliphatic heterocycles. The van der Waals surface area contributed by atoms with E-state index in [1.807, 2.05) is 0 Å². The minimum absolute atomic E-state index is 0.0724. The van der Waals surface area contributed by atoms with E-state index in [9.17, 15) is 34.8 Å². The fourth-order valence-electron chi connectivity index (χ4n) is 2.91. The third kappa shape index (κ3) is 5.23. The quantitative estimate of drug-likeness (QED) is 0.672. The maximum Gasteiger partial charge on any atom is 0.573 e. The van der Waals surface area contributed by atoms with Crippen LogP contribution in [-0.2, 0) is 40.5 Å². The van der Waals surface area contributed by atoms with Crippen LogP contribution in [0.5, 0.6) is 5.75 Å². The van der Waals surface area contributed by atoms with Crippen molar-refractivity contribution in [2.24, 2.45) is 0 Å². The second-order valence-electron chi connectivity index (χ2n) is 6.21. The highest BCUT2D eigenvalue weighted by Crippen LogP contribution is 2.34. The van der Waals surface area contributed by atoms with Gasteiger partial charge in [-0.1, -0.05) is 0 Å². The minimum atomic E-state index is -4.91. The van der Waals surface area contributed by atoms with Crippen LogP contribution in [0.25, 0.3) is 0 Å². The summed E-state index contributed by atoms with van der Waals surface area (Å²) in [5, 5.41) is 3.55. The number of nitrogens with zero attached hydrogens (tertiary/aromatic N) is 2. The van der Waals surface area contributed by atoms with Gasteiger partial charge in [-0.25, -0.2) is 13.1 Å². The number of nitrogens with one attached hydrogen (secondary N) is 1. The molecule has 2 heterocycles. The van der Waals surface area contributed by atoms with Crippen molar-refractivity contribution in [2.75, 3.05) is 13.2 Å². The number of hydrogen-bond acceptors (Lipinski definition) is 5. The topological polar surface area (TPSA) is 82.5 Å². The lowest BCUT2D eigenvalue weighted by Crippen LogP contribution is -2.28.